The Balaban J connectivity index is 1.87. The molecular weight excluding hydrogens is 230 g/mol. The number of carbonyl (C=O) groups is 1. The van der Waals surface area contributed by atoms with Crippen molar-refractivity contribution in [2.24, 2.45) is 5.41 Å². The van der Waals surface area contributed by atoms with Gasteiger partial charge in [0.15, 0.2) is 0 Å². The lowest BCUT2D eigenvalue weighted by Crippen LogP contribution is -2.39. The van der Waals surface area contributed by atoms with E-state index in [0.29, 0.717) is 14.6 Å². The zero-order valence-corrected chi connectivity index (χ0v) is 10.3. The molecule has 82 valence electrons. The third-order valence-corrected chi connectivity index (χ3v) is 4.26. The summed E-state index contributed by atoms with van der Waals surface area (Å²) < 4.78 is 0.662. The van der Waals surface area contributed by atoms with Crippen LogP contribution in [-0.4, -0.2) is 12.5 Å². The fourth-order valence-corrected chi connectivity index (χ4v) is 2.73. The molecule has 1 aromatic heterocycles. The van der Waals surface area contributed by atoms with Crippen molar-refractivity contribution in [3.05, 3.63) is 21.3 Å². The van der Waals surface area contributed by atoms with E-state index in [2.05, 4.69) is 12.2 Å². The van der Waals surface area contributed by atoms with E-state index < -0.39 is 0 Å². The summed E-state index contributed by atoms with van der Waals surface area (Å²) in [6.45, 7) is 3.00. The highest BCUT2D eigenvalue weighted by atomic mass is 35.5. The van der Waals surface area contributed by atoms with E-state index in [4.69, 9.17) is 11.6 Å². The lowest BCUT2D eigenvalue weighted by molar-refractivity contribution is 0.0895. The first-order valence-corrected chi connectivity index (χ1v) is 6.32. The van der Waals surface area contributed by atoms with Crippen molar-refractivity contribution in [1.82, 2.24) is 5.32 Å². The van der Waals surface area contributed by atoms with Crippen LogP contribution >= 0.6 is 22.9 Å². The van der Waals surface area contributed by atoms with Gasteiger partial charge in [-0.1, -0.05) is 24.9 Å². The van der Waals surface area contributed by atoms with Crippen molar-refractivity contribution in [3.63, 3.8) is 0 Å². The molecule has 1 aliphatic carbocycles. The maximum absolute atomic E-state index is 11.7. The lowest BCUT2D eigenvalue weighted by Gasteiger charge is -2.38. The van der Waals surface area contributed by atoms with Gasteiger partial charge in [-0.3, -0.25) is 4.79 Å². The maximum atomic E-state index is 11.7. The second kappa shape index (κ2) is 4.14. The molecule has 15 heavy (non-hydrogen) atoms. The molecule has 1 amide bonds. The van der Waals surface area contributed by atoms with Crippen LogP contribution in [0.25, 0.3) is 0 Å². The van der Waals surface area contributed by atoms with Crippen LogP contribution < -0.4 is 5.32 Å². The molecule has 0 spiro atoms. The number of rotatable bonds is 3. The van der Waals surface area contributed by atoms with Gasteiger partial charge in [0.2, 0.25) is 0 Å². The number of halogens is 1. The molecule has 0 unspecified atom stereocenters. The average Bonchev–Trinajstić information content (AvgIpc) is 2.58. The maximum Gasteiger partial charge on any atom is 0.261 e. The first-order chi connectivity index (χ1) is 7.09. The lowest BCUT2D eigenvalue weighted by atomic mass is 9.70. The Morgan fingerprint density at radius 2 is 2.33 bits per heavy atom. The minimum Gasteiger partial charge on any atom is -0.351 e. The van der Waals surface area contributed by atoms with Crippen molar-refractivity contribution in [2.45, 2.75) is 26.2 Å². The van der Waals surface area contributed by atoms with Crippen LogP contribution in [0.15, 0.2) is 12.1 Å². The van der Waals surface area contributed by atoms with Gasteiger partial charge in [0.05, 0.1) is 9.21 Å². The topological polar surface area (TPSA) is 29.1 Å². The highest BCUT2D eigenvalue weighted by Gasteiger charge is 2.31. The molecule has 4 heteroatoms. The van der Waals surface area contributed by atoms with Crippen LogP contribution in [0.5, 0.6) is 0 Å². The Morgan fingerprint density at radius 1 is 1.60 bits per heavy atom. The Hall–Kier alpha value is -0.540. The van der Waals surface area contributed by atoms with Gasteiger partial charge < -0.3 is 5.32 Å². The summed E-state index contributed by atoms with van der Waals surface area (Å²) in [6.07, 6.45) is 3.73. The minimum absolute atomic E-state index is 0.0000231. The Bertz CT molecular complexity index is 370. The fraction of sp³-hybridized carbons (Fsp3) is 0.545. The highest BCUT2D eigenvalue weighted by Crippen LogP contribution is 2.39. The average molecular weight is 244 g/mol. The molecule has 1 fully saturated rings. The van der Waals surface area contributed by atoms with Crippen LogP contribution in [0.1, 0.15) is 35.9 Å². The molecule has 1 heterocycles. The van der Waals surface area contributed by atoms with Crippen LogP contribution in [0, 0.1) is 5.41 Å². The molecular formula is C11H14ClNOS. The summed E-state index contributed by atoms with van der Waals surface area (Å²) >= 11 is 7.10. The fourth-order valence-electron chi connectivity index (χ4n) is 1.77. The molecule has 0 radical (unpaired) electrons. The van der Waals surface area contributed by atoms with Crippen molar-refractivity contribution >= 4 is 28.8 Å². The second-order valence-corrected chi connectivity index (χ2v) is 6.17. The number of hydrogen-bond donors (Lipinski definition) is 1. The van der Waals surface area contributed by atoms with Crippen LogP contribution in [0.3, 0.4) is 0 Å². The number of thiophene rings is 1. The summed E-state index contributed by atoms with van der Waals surface area (Å²) in [6, 6.07) is 3.53. The summed E-state index contributed by atoms with van der Waals surface area (Å²) in [4.78, 5) is 12.4. The molecule has 2 nitrogen and oxygen atoms in total. The van der Waals surface area contributed by atoms with Gasteiger partial charge in [-0.05, 0) is 30.4 Å². The third-order valence-electron chi connectivity index (χ3n) is 3.03. The number of hydrogen-bond acceptors (Lipinski definition) is 2. The molecule has 1 aromatic rings. The predicted molar refractivity (Wildman–Crippen MR) is 63.6 cm³/mol. The van der Waals surface area contributed by atoms with Gasteiger partial charge in [0.25, 0.3) is 5.91 Å². The second-order valence-electron chi connectivity index (χ2n) is 4.45. The van der Waals surface area contributed by atoms with Crippen molar-refractivity contribution in [3.8, 4) is 0 Å². The highest BCUT2D eigenvalue weighted by molar-refractivity contribution is 7.17. The molecule has 0 aliphatic heterocycles. The molecule has 0 atom stereocenters. The first-order valence-electron chi connectivity index (χ1n) is 5.13. The van der Waals surface area contributed by atoms with E-state index in [1.807, 2.05) is 0 Å². The van der Waals surface area contributed by atoms with E-state index in [1.165, 1.54) is 30.6 Å². The van der Waals surface area contributed by atoms with Crippen molar-refractivity contribution in [2.75, 3.05) is 6.54 Å². The molecule has 0 bridgehead atoms. The minimum atomic E-state index is 0.0000231. The summed E-state index contributed by atoms with van der Waals surface area (Å²) in [5.74, 6) is 0.0000231. The Labute approximate surface area is 98.6 Å². The normalized spacial score (nSPS) is 18.3. The van der Waals surface area contributed by atoms with Crippen LogP contribution in [-0.2, 0) is 0 Å². The number of carbonyl (C=O) groups excluding carboxylic acids is 1. The number of nitrogens with one attached hydrogen (secondary N) is 1. The Morgan fingerprint density at radius 3 is 2.80 bits per heavy atom. The first kappa shape index (κ1) is 11.0. The zero-order valence-electron chi connectivity index (χ0n) is 8.68. The monoisotopic (exact) mass is 243 g/mol. The van der Waals surface area contributed by atoms with E-state index in [0.717, 1.165) is 6.54 Å². The van der Waals surface area contributed by atoms with E-state index in [9.17, 15) is 4.79 Å². The molecule has 0 aromatic carbocycles. The van der Waals surface area contributed by atoms with Gasteiger partial charge in [0.1, 0.15) is 0 Å². The largest absolute Gasteiger partial charge is 0.351 e. The quantitative estimate of drug-likeness (QED) is 0.867. The summed E-state index contributed by atoms with van der Waals surface area (Å²) in [5, 5.41) is 2.97. The summed E-state index contributed by atoms with van der Waals surface area (Å²) in [5.41, 5.74) is 0.330. The third kappa shape index (κ3) is 2.52. The van der Waals surface area contributed by atoms with Gasteiger partial charge in [-0.15, -0.1) is 11.3 Å². The van der Waals surface area contributed by atoms with Crippen molar-refractivity contribution in [1.29, 1.82) is 0 Å². The number of amides is 1. The molecule has 0 saturated heterocycles. The molecule has 1 saturated carbocycles. The Kier molecular flexibility index (Phi) is 3.03. The van der Waals surface area contributed by atoms with Gasteiger partial charge in [-0.2, -0.15) is 0 Å². The van der Waals surface area contributed by atoms with Gasteiger partial charge in [0, 0.05) is 6.54 Å². The van der Waals surface area contributed by atoms with Crippen LogP contribution in [0.4, 0.5) is 0 Å². The molecule has 2 rings (SSSR count). The van der Waals surface area contributed by atoms with Crippen molar-refractivity contribution < 1.29 is 4.79 Å². The van der Waals surface area contributed by atoms with E-state index in [-0.39, 0.29) is 5.91 Å². The van der Waals surface area contributed by atoms with E-state index >= 15 is 0 Å². The predicted octanol–water partition coefficient (Wildman–Crippen LogP) is 3.32. The molecule has 1 N–H and O–H groups in total. The van der Waals surface area contributed by atoms with E-state index in [1.54, 1.807) is 12.1 Å². The van der Waals surface area contributed by atoms with Crippen LogP contribution in [0.2, 0.25) is 4.34 Å². The summed E-state index contributed by atoms with van der Waals surface area (Å²) in [7, 11) is 0. The standard InChI is InChI=1S/C11H14ClNOS/c1-11(5-2-6-11)7-13-10(14)8-3-4-9(12)15-8/h3-4H,2,5-7H2,1H3,(H,13,14). The van der Waals surface area contributed by atoms with Gasteiger partial charge in [-0.25, -0.2) is 0 Å². The molecule has 1 aliphatic rings. The SMILES string of the molecule is CC1(CNC(=O)c2ccc(Cl)s2)CCC1. The zero-order chi connectivity index (χ0) is 10.9. The smallest absolute Gasteiger partial charge is 0.261 e. The van der Waals surface area contributed by atoms with Gasteiger partial charge >= 0.3 is 0 Å².